The maximum absolute atomic E-state index is 12.0. The summed E-state index contributed by atoms with van der Waals surface area (Å²) in [6, 6.07) is 0.724. The summed E-state index contributed by atoms with van der Waals surface area (Å²) in [6.07, 6.45) is 1.26. The number of nitrogens with zero attached hydrogens (tertiary/aromatic N) is 1. The highest BCUT2D eigenvalue weighted by atomic mass is 16.5. The largest absolute Gasteiger partial charge is 0.388 e. The number of amides is 1. The topological polar surface area (TPSA) is 104 Å². The van der Waals surface area contributed by atoms with E-state index in [4.69, 9.17) is 4.74 Å². The quantitative estimate of drug-likeness (QED) is 0.659. The van der Waals surface area contributed by atoms with E-state index < -0.39 is 18.1 Å². The molecule has 1 aliphatic heterocycles. The number of aliphatic hydroxyl groups excluding tert-OH is 1. The fraction of sp³-hybridized carbons (Fsp3) is 0.583. The molecule has 1 saturated carbocycles. The van der Waals surface area contributed by atoms with Crippen molar-refractivity contribution in [3.8, 4) is 0 Å². The molecule has 3 rings (SSSR count). The van der Waals surface area contributed by atoms with Gasteiger partial charge in [-0.15, -0.1) is 0 Å². The molecule has 7 nitrogen and oxygen atoms in total. The molecule has 3 N–H and O–H groups in total. The molecule has 0 unspecified atom stereocenters. The summed E-state index contributed by atoms with van der Waals surface area (Å²) >= 11 is 0. The molecule has 1 aromatic rings. The van der Waals surface area contributed by atoms with Crippen LogP contribution in [0.2, 0.25) is 0 Å². The van der Waals surface area contributed by atoms with Crippen LogP contribution in [-0.4, -0.2) is 46.3 Å². The van der Waals surface area contributed by atoms with E-state index in [1.165, 1.54) is 6.07 Å². The van der Waals surface area contributed by atoms with E-state index in [1.54, 1.807) is 0 Å². The molecule has 0 aromatic carbocycles. The number of aliphatic hydroxyl groups is 1. The summed E-state index contributed by atoms with van der Waals surface area (Å²) in [4.78, 5) is 30.3. The lowest BCUT2D eigenvalue weighted by Gasteiger charge is -2.14. The summed E-state index contributed by atoms with van der Waals surface area (Å²) < 4.78 is 5.05. The third-order valence-electron chi connectivity index (χ3n) is 3.32. The molecular formula is C12H15N3O4. The van der Waals surface area contributed by atoms with Gasteiger partial charge in [-0.25, -0.2) is 4.98 Å². The molecule has 2 heterocycles. The number of hydrogen-bond acceptors (Lipinski definition) is 5. The van der Waals surface area contributed by atoms with Crippen LogP contribution in [0, 0.1) is 0 Å². The fourth-order valence-electron chi connectivity index (χ4n) is 2.07. The monoisotopic (exact) mass is 265 g/mol. The predicted octanol–water partition coefficient (Wildman–Crippen LogP) is -0.863. The molecule has 0 bridgehead atoms. The van der Waals surface area contributed by atoms with Crippen molar-refractivity contribution in [3.05, 3.63) is 27.9 Å². The SMILES string of the molecule is O=C(N[C@@H]1COC[C@H]1O)c1cc(=O)[nH]c(C2CC2)n1. The molecule has 1 amide bonds. The van der Waals surface area contributed by atoms with E-state index in [1.807, 2.05) is 0 Å². The van der Waals surface area contributed by atoms with Crippen molar-refractivity contribution in [2.75, 3.05) is 13.2 Å². The van der Waals surface area contributed by atoms with E-state index in [2.05, 4.69) is 15.3 Å². The zero-order valence-electron chi connectivity index (χ0n) is 10.3. The van der Waals surface area contributed by atoms with Crippen molar-refractivity contribution >= 4 is 5.91 Å². The Kier molecular flexibility index (Phi) is 3.08. The molecule has 0 spiro atoms. The first kappa shape index (κ1) is 12.3. The Morgan fingerprint density at radius 3 is 2.89 bits per heavy atom. The first-order chi connectivity index (χ1) is 9.13. The van der Waals surface area contributed by atoms with Crippen LogP contribution >= 0.6 is 0 Å². The first-order valence-electron chi connectivity index (χ1n) is 6.31. The minimum absolute atomic E-state index is 0.0877. The smallest absolute Gasteiger partial charge is 0.270 e. The summed E-state index contributed by atoms with van der Waals surface area (Å²) in [5.41, 5.74) is -0.241. The van der Waals surface area contributed by atoms with E-state index in [-0.39, 0.29) is 30.4 Å². The number of H-pyrrole nitrogens is 1. The van der Waals surface area contributed by atoms with Crippen molar-refractivity contribution in [3.63, 3.8) is 0 Å². The Morgan fingerprint density at radius 2 is 2.26 bits per heavy atom. The number of aromatic amines is 1. The Hall–Kier alpha value is -1.73. The van der Waals surface area contributed by atoms with E-state index in [0.29, 0.717) is 5.82 Å². The molecule has 1 aromatic heterocycles. The Labute approximate surface area is 109 Å². The van der Waals surface area contributed by atoms with Crippen LogP contribution < -0.4 is 10.9 Å². The van der Waals surface area contributed by atoms with Gasteiger partial charge >= 0.3 is 0 Å². The molecular weight excluding hydrogens is 250 g/mol. The normalized spacial score (nSPS) is 26.4. The molecule has 2 atom stereocenters. The number of aromatic nitrogens is 2. The van der Waals surface area contributed by atoms with Gasteiger partial charge in [-0.05, 0) is 12.8 Å². The van der Waals surface area contributed by atoms with Gasteiger partial charge < -0.3 is 20.1 Å². The zero-order valence-corrected chi connectivity index (χ0v) is 10.3. The maximum atomic E-state index is 12.0. The third-order valence-corrected chi connectivity index (χ3v) is 3.32. The van der Waals surface area contributed by atoms with Gasteiger partial charge in [0, 0.05) is 12.0 Å². The average molecular weight is 265 g/mol. The van der Waals surface area contributed by atoms with Crippen molar-refractivity contribution in [2.24, 2.45) is 0 Å². The van der Waals surface area contributed by atoms with Crippen LogP contribution in [0.5, 0.6) is 0 Å². The van der Waals surface area contributed by atoms with E-state index in [9.17, 15) is 14.7 Å². The number of carbonyl (C=O) groups is 1. The minimum atomic E-state index is -0.714. The highest BCUT2D eigenvalue weighted by Gasteiger charge is 2.30. The van der Waals surface area contributed by atoms with Gasteiger partial charge in [-0.2, -0.15) is 0 Å². The predicted molar refractivity (Wildman–Crippen MR) is 64.9 cm³/mol. The minimum Gasteiger partial charge on any atom is -0.388 e. The Bertz CT molecular complexity index is 552. The summed E-state index contributed by atoms with van der Waals surface area (Å²) in [5, 5.41) is 12.2. The van der Waals surface area contributed by atoms with Crippen molar-refractivity contribution < 1.29 is 14.6 Å². The number of ether oxygens (including phenoxy) is 1. The lowest BCUT2D eigenvalue weighted by atomic mass is 10.2. The van der Waals surface area contributed by atoms with Gasteiger partial charge in [0.1, 0.15) is 11.5 Å². The van der Waals surface area contributed by atoms with Crippen molar-refractivity contribution in [1.82, 2.24) is 15.3 Å². The van der Waals surface area contributed by atoms with Gasteiger partial charge in [-0.1, -0.05) is 0 Å². The lowest BCUT2D eigenvalue weighted by Crippen LogP contribution is -2.43. The Morgan fingerprint density at radius 1 is 1.47 bits per heavy atom. The third kappa shape index (κ3) is 2.66. The van der Waals surface area contributed by atoms with E-state index >= 15 is 0 Å². The average Bonchev–Trinajstić information content (AvgIpc) is 3.15. The van der Waals surface area contributed by atoms with Crippen molar-refractivity contribution in [2.45, 2.75) is 30.9 Å². The van der Waals surface area contributed by atoms with Gasteiger partial charge in [0.25, 0.3) is 11.5 Å². The summed E-state index contributed by atoms with van der Waals surface area (Å²) in [6.45, 7) is 0.479. The second-order valence-electron chi connectivity index (χ2n) is 4.97. The second kappa shape index (κ2) is 4.75. The number of hydrogen-bond donors (Lipinski definition) is 3. The highest BCUT2D eigenvalue weighted by molar-refractivity contribution is 5.92. The molecule has 19 heavy (non-hydrogen) atoms. The van der Waals surface area contributed by atoms with Crippen molar-refractivity contribution in [1.29, 1.82) is 0 Å². The molecule has 0 radical (unpaired) electrons. The highest BCUT2D eigenvalue weighted by Crippen LogP contribution is 2.37. The van der Waals surface area contributed by atoms with Crippen LogP contribution in [0.4, 0.5) is 0 Å². The van der Waals surface area contributed by atoms with Gasteiger partial charge in [0.05, 0.1) is 25.4 Å². The summed E-state index contributed by atoms with van der Waals surface area (Å²) in [5.74, 6) is 0.379. The Balaban J connectivity index is 1.77. The fourth-order valence-corrected chi connectivity index (χ4v) is 2.07. The summed E-state index contributed by atoms with van der Waals surface area (Å²) in [7, 11) is 0. The molecule has 2 aliphatic rings. The van der Waals surface area contributed by atoms with Crippen LogP contribution in [0.15, 0.2) is 10.9 Å². The van der Waals surface area contributed by atoms with Gasteiger partial charge in [0.15, 0.2) is 0 Å². The lowest BCUT2D eigenvalue weighted by molar-refractivity contribution is 0.0881. The molecule has 7 heteroatoms. The van der Waals surface area contributed by atoms with Crippen LogP contribution in [-0.2, 0) is 4.74 Å². The van der Waals surface area contributed by atoms with Gasteiger partial charge in [-0.3, -0.25) is 9.59 Å². The van der Waals surface area contributed by atoms with Crippen LogP contribution in [0.25, 0.3) is 0 Å². The first-order valence-corrected chi connectivity index (χ1v) is 6.31. The van der Waals surface area contributed by atoms with Crippen LogP contribution in [0.1, 0.15) is 35.1 Å². The number of carbonyl (C=O) groups excluding carboxylic acids is 1. The van der Waals surface area contributed by atoms with E-state index in [0.717, 1.165) is 12.8 Å². The van der Waals surface area contributed by atoms with Crippen LogP contribution in [0.3, 0.4) is 0 Å². The van der Waals surface area contributed by atoms with Gasteiger partial charge in [0.2, 0.25) is 0 Å². The molecule has 1 saturated heterocycles. The molecule has 102 valence electrons. The number of rotatable bonds is 3. The standard InChI is InChI=1S/C12H15N3O4/c16-9-5-19-4-8(9)14-12(18)7-3-10(17)15-11(13-7)6-1-2-6/h3,6,8-9,16H,1-2,4-5H2,(H,14,18)(H,13,15,17)/t8-,9-/m1/s1. The zero-order chi connectivity index (χ0) is 13.4. The second-order valence-corrected chi connectivity index (χ2v) is 4.97. The molecule has 1 aliphatic carbocycles. The molecule has 2 fully saturated rings. The maximum Gasteiger partial charge on any atom is 0.270 e. The number of nitrogens with one attached hydrogen (secondary N) is 2.